The Balaban J connectivity index is 1.86. The van der Waals surface area contributed by atoms with Crippen molar-refractivity contribution in [1.29, 1.82) is 0 Å². The number of halogens is 1. The van der Waals surface area contributed by atoms with Gasteiger partial charge in [0.25, 0.3) is 5.56 Å². The first-order chi connectivity index (χ1) is 12.9. The van der Waals surface area contributed by atoms with Gasteiger partial charge in [-0.25, -0.2) is 9.37 Å². The number of benzene rings is 1. The first-order valence-corrected chi connectivity index (χ1v) is 8.86. The molecule has 0 saturated carbocycles. The van der Waals surface area contributed by atoms with E-state index in [0.717, 1.165) is 5.56 Å². The lowest BCUT2D eigenvalue weighted by molar-refractivity contribution is 0.0973. The van der Waals surface area contributed by atoms with Crippen LogP contribution in [0.1, 0.15) is 34.3 Å². The fraction of sp³-hybridized carbons (Fsp3) is 0.421. The van der Waals surface area contributed by atoms with Crippen LogP contribution >= 0.6 is 0 Å². The summed E-state index contributed by atoms with van der Waals surface area (Å²) >= 11 is 0. The number of fused-ring (bicyclic) bond motifs is 1. The van der Waals surface area contributed by atoms with E-state index in [1.165, 1.54) is 16.7 Å². The van der Waals surface area contributed by atoms with Crippen molar-refractivity contribution in [2.75, 3.05) is 27.2 Å². The lowest BCUT2D eigenvalue weighted by Gasteiger charge is -2.29. The zero-order valence-electron chi connectivity index (χ0n) is 15.4. The molecular formula is C19H23FN4O3. The lowest BCUT2D eigenvalue weighted by Crippen LogP contribution is -2.44. The molecule has 1 aliphatic rings. The maximum absolute atomic E-state index is 13.0. The van der Waals surface area contributed by atoms with Crippen molar-refractivity contribution in [3.05, 3.63) is 57.5 Å². The highest BCUT2D eigenvalue weighted by Crippen LogP contribution is 2.20. The topological polar surface area (TPSA) is 87.5 Å². The molecule has 0 saturated heterocycles. The molecular weight excluding hydrogens is 351 g/mol. The third-order valence-corrected chi connectivity index (χ3v) is 4.58. The Morgan fingerprint density at radius 2 is 2.07 bits per heavy atom. The first-order valence-electron chi connectivity index (χ1n) is 8.86. The zero-order chi connectivity index (χ0) is 19.6. The molecule has 1 aromatic carbocycles. The maximum atomic E-state index is 13.0. The predicted octanol–water partition coefficient (Wildman–Crippen LogP) is 1.11. The van der Waals surface area contributed by atoms with Crippen LogP contribution in [-0.2, 0) is 13.0 Å². The van der Waals surface area contributed by atoms with Crippen LogP contribution in [0.4, 0.5) is 4.39 Å². The number of nitrogens with one attached hydrogen (secondary N) is 1. The molecule has 0 bridgehead atoms. The molecule has 1 atom stereocenters. The highest BCUT2D eigenvalue weighted by atomic mass is 19.1. The van der Waals surface area contributed by atoms with Crippen LogP contribution in [0, 0.1) is 5.82 Å². The van der Waals surface area contributed by atoms with E-state index in [1.807, 2.05) is 19.0 Å². The van der Waals surface area contributed by atoms with E-state index in [-0.39, 0.29) is 24.0 Å². The largest absolute Gasteiger partial charge is 0.501 e. The summed E-state index contributed by atoms with van der Waals surface area (Å²) < 4.78 is 14.4. The van der Waals surface area contributed by atoms with Gasteiger partial charge < -0.3 is 15.3 Å². The van der Waals surface area contributed by atoms with Gasteiger partial charge in [0.1, 0.15) is 11.6 Å². The van der Waals surface area contributed by atoms with E-state index in [4.69, 9.17) is 0 Å². The summed E-state index contributed by atoms with van der Waals surface area (Å²) in [6.45, 7) is 1.59. The standard InChI is InChI=1S/C19H23FN4O3/c1-23(2)11-14-18-22-16(17(26)19(27)24(18)10-9-21-14)15(25)8-5-12-3-6-13(20)7-4-12/h3-4,6-7,14,21,26H,5,8-11H2,1-2H3. The summed E-state index contributed by atoms with van der Waals surface area (Å²) in [4.78, 5) is 31.4. The smallest absolute Gasteiger partial charge is 0.296 e. The van der Waals surface area contributed by atoms with Crippen molar-refractivity contribution in [3.63, 3.8) is 0 Å². The fourth-order valence-electron chi connectivity index (χ4n) is 3.22. The quantitative estimate of drug-likeness (QED) is 0.737. The number of nitrogens with zero attached hydrogens (tertiary/aromatic N) is 3. The number of likely N-dealkylation sites (N-methyl/N-ethyl adjacent to an activating group) is 1. The molecule has 0 fully saturated rings. The molecule has 27 heavy (non-hydrogen) atoms. The van der Waals surface area contributed by atoms with Crippen molar-refractivity contribution >= 4 is 5.78 Å². The van der Waals surface area contributed by atoms with Gasteiger partial charge in [-0.15, -0.1) is 0 Å². The number of ketones is 1. The van der Waals surface area contributed by atoms with E-state index in [2.05, 4.69) is 10.3 Å². The minimum Gasteiger partial charge on any atom is -0.501 e. The molecule has 1 aromatic heterocycles. The normalized spacial score (nSPS) is 16.4. The van der Waals surface area contributed by atoms with E-state index in [0.29, 0.717) is 31.9 Å². The maximum Gasteiger partial charge on any atom is 0.296 e. The monoisotopic (exact) mass is 374 g/mol. The van der Waals surface area contributed by atoms with E-state index in [1.54, 1.807) is 12.1 Å². The average molecular weight is 374 g/mol. The molecule has 2 N–H and O–H groups in total. The minimum absolute atomic E-state index is 0.0703. The van der Waals surface area contributed by atoms with Crippen LogP contribution in [0.25, 0.3) is 0 Å². The first kappa shape index (κ1) is 19.2. The molecule has 7 nitrogen and oxygen atoms in total. The number of carbonyl (C=O) groups is 1. The second-order valence-corrected chi connectivity index (χ2v) is 6.94. The van der Waals surface area contributed by atoms with Gasteiger partial charge in [-0.3, -0.25) is 14.2 Å². The summed E-state index contributed by atoms with van der Waals surface area (Å²) in [7, 11) is 3.82. The summed E-state index contributed by atoms with van der Waals surface area (Å²) in [5, 5.41) is 13.5. The Hall–Kier alpha value is -2.58. The van der Waals surface area contributed by atoms with E-state index < -0.39 is 17.1 Å². The van der Waals surface area contributed by atoms with Crippen molar-refractivity contribution in [2.45, 2.75) is 25.4 Å². The molecule has 8 heteroatoms. The van der Waals surface area contributed by atoms with Crippen LogP contribution in [-0.4, -0.2) is 52.5 Å². The predicted molar refractivity (Wildman–Crippen MR) is 98.5 cm³/mol. The number of hydrogen-bond acceptors (Lipinski definition) is 6. The van der Waals surface area contributed by atoms with Gasteiger partial charge in [0.05, 0.1) is 6.04 Å². The number of aryl methyl sites for hydroxylation is 1. The van der Waals surface area contributed by atoms with Crippen LogP contribution in [0.5, 0.6) is 5.75 Å². The summed E-state index contributed by atoms with van der Waals surface area (Å²) in [5.74, 6) is -0.894. The molecule has 0 aliphatic carbocycles. The average Bonchev–Trinajstić information content (AvgIpc) is 2.64. The second-order valence-electron chi connectivity index (χ2n) is 6.94. The molecule has 3 rings (SSSR count). The van der Waals surface area contributed by atoms with Crippen molar-refractivity contribution in [1.82, 2.24) is 19.8 Å². The fourth-order valence-corrected chi connectivity index (χ4v) is 3.22. The van der Waals surface area contributed by atoms with Gasteiger partial charge in [0.15, 0.2) is 11.5 Å². The van der Waals surface area contributed by atoms with Gasteiger partial charge in [0.2, 0.25) is 5.75 Å². The van der Waals surface area contributed by atoms with Crippen LogP contribution < -0.4 is 10.9 Å². The molecule has 0 spiro atoms. The third-order valence-electron chi connectivity index (χ3n) is 4.58. The molecule has 2 heterocycles. The van der Waals surface area contributed by atoms with Crippen molar-refractivity contribution in [2.24, 2.45) is 0 Å². The van der Waals surface area contributed by atoms with Gasteiger partial charge >= 0.3 is 0 Å². The van der Waals surface area contributed by atoms with Crippen LogP contribution in [0.15, 0.2) is 29.1 Å². The number of carbonyl (C=O) groups excluding carboxylic acids is 1. The molecule has 0 radical (unpaired) electrons. The number of Topliss-reactive ketones (excluding diaryl/α,β-unsaturated/α-hetero) is 1. The van der Waals surface area contributed by atoms with Gasteiger partial charge in [-0.1, -0.05) is 12.1 Å². The Labute approximate surface area is 156 Å². The summed E-state index contributed by atoms with van der Waals surface area (Å²) in [6.07, 6.45) is 0.443. The number of aromatic hydroxyl groups is 1. The molecule has 1 aliphatic heterocycles. The third kappa shape index (κ3) is 4.23. The number of rotatable bonds is 6. The number of aromatic nitrogens is 2. The van der Waals surface area contributed by atoms with Gasteiger partial charge in [-0.05, 0) is 38.2 Å². The second kappa shape index (κ2) is 7.98. The van der Waals surface area contributed by atoms with Crippen molar-refractivity contribution < 1.29 is 14.3 Å². The van der Waals surface area contributed by atoms with Crippen LogP contribution in [0.2, 0.25) is 0 Å². The van der Waals surface area contributed by atoms with Crippen molar-refractivity contribution in [3.8, 4) is 5.75 Å². The molecule has 1 unspecified atom stereocenters. The molecule has 144 valence electrons. The van der Waals surface area contributed by atoms with Gasteiger partial charge in [-0.2, -0.15) is 0 Å². The minimum atomic E-state index is -0.603. The Morgan fingerprint density at radius 3 is 2.74 bits per heavy atom. The highest BCUT2D eigenvalue weighted by molar-refractivity contribution is 5.96. The highest BCUT2D eigenvalue weighted by Gasteiger charge is 2.28. The Morgan fingerprint density at radius 1 is 1.37 bits per heavy atom. The number of hydrogen-bond donors (Lipinski definition) is 2. The molecule has 0 amide bonds. The summed E-state index contributed by atoms with van der Waals surface area (Å²) in [6, 6.07) is 5.67. The van der Waals surface area contributed by atoms with Crippen LogP contribution in [0.3, 0.4) is 0 Å². The molecule has 2 aromatic rings. The Bertz CT molecular complexity index is 893. The summed E-state index contributed by atoms with van der Waals surface area (Å²) in [5.41, 5.74) is 0.0160. The zero-order valence-corrected chi connectivity index (χ0v) is 15.4. The van der Waals surface area contributed by atoms with E-state index in [9.17, 15) is 19.1 Å². The lowest BCUT2D eigenvalue weighted by atomic mass is 10.1. The van der Waals surface area contributed by atoms with E-state index >= 15 is 0 Å². The van der Waals surface area contributed by atoms with Gasteiger partial charge in [0, 0.05) is 26.1 Å². The Kier molecular flexibility index (Phi) is 5.67. The SMILES string of the molecule is CN(C)CC1NCCn2c1nc(C(=O)CCc1ccc(F)cc1)c(O)c2=O.